The number of carbonyl (C=O) groups is 2. The minimum Gasteiger partial charge on any atom is -0.453 e. The van der Waals surface area contributed by atoms with Gasteiger partial charge in [0, 0.05) is 0 Å². The first-order chi connectivity index (χ1) is 13.5. The lowest BCUT2D eigenvalue weighted by atomic mass is 10.1. The van der Waals surface area contributed by atoms with Crippen LogP contribution in [0.5, 0.6) is 0 Å². The Balaban J connectivity index is 1.88. The van der Waals surface area contributed by atoms with Gasteiger partial charge in [0.15, 0.2) is 0 Å². The topological polar surface area (TPSA) is 125 Å². The van der Waals surface area contributed by atoms with Crippen molar-refractivity contribution >= 4 is 23.4 Å². The van der Waals surface area contributed by atoms with Gasteiger partial charge < -0.3 is 20.5 Å². The van der Waals surface area contributed by atoms with Crippen molar-refractivity contribution in [1.29, 1.82) is 0 Å². The van der Waals surface area contributed by atoms with Gasteiger partial charge in [-0.2, -0.15) is 9.58 Å². The Morgan fingerprint density at radius 3 is 1.32 bits per heavy atom. The molecule has 0 amide bonds. The molecule has 0 N–H and O–H groups in total. The fraction of sp³-hybridized carbons (Fsp3) is 0.111. The van der Waals surface area contributed by atoms with E-state index < -0.39 is 48.2 Å². The number of halogens is 2. The number of carbonyl (C=O) groups excluding carboxylic acids is 2. The minimum absolute atomic E-state index is 0.122. The van der Waals surface area contributed by atoms with Crippen molar-refractivity contribution in [2.75, 3.05) is 13.2 Å². The largest absolute Gasteiger partial charge is 0.453 e. The first kappa shape index (κ1) is 20.3. The number of esters is 2. The Morgan fingerprint density at radius 1 is 0.714 bits per heavy atom. The van der Waals surface area contributed by atoms with E-state index in [-0.39, 0.29) is 11.1 Å². The zero-order valence-electron chi connectivity index (χ0n) is 14.2. The summed E-state index contributed by atoms with van der Waals surface area (Å²) < 4.78 is 35.4. The van der Waals surface area contributed by atoms with Crippen molar-refractivity contribution < 1.29 is 37.4 Å². The molecule has 10 heteroatoms. The van der Waals surface area contributed by atoms with E-state index in [4.69, 9.17) is 20.5 Å². The second-order valence-electron chi connectivity index (χ2n) is 5.18. The molecule has 0 aliphatic rings. The van der Waals surface area contributed by atoms with Gasteiger partial charge in [0.2, 0.25) is 0 Å². The maximum Gasteiger partial charge on any atom is 0.422 e. The highest BCUT2D eigenvalue weighted by Gasteiger charge is 2.26. The van der Waals surface area contributed by atoms with Crippen LogP contribution in [-0.4, -0.2) is 46.2 Å². The molecule has 0 fully saturated rings. The molecular formula is C18H12F2N4O4. The Morgan fingerprint density at radius 2 is 1.04 bits per heavy atom. The summed E-state index contributed by atoms with van der Waals surface area (Å²) in [5.74, 6) is -3.13. The lowest BCUT2D eigenvalue weighted by Gasteiger charge is -2.03. The molecule has 0 atom stereocenters. The summed E-state index contributed by atoms with van der Waals surface area (Å²) in [4.78, 5) is 29.4. The maximum atomic E-state index is 12.9. The van der Waals surface area contributed by atoms with Crippen molar-refractivity contribution in [2.24, 2.45) is 0 Å². The molecule has 0 unspecified atom stereocenters. The van der Waals surface area contributed by atoms with E-state index in [1.165, 1.54) is 24.3 Å². The van der Waals surface area contributed by atoms with Crippen LogP contribution in [0.3, 0.4) is 0 Å². The van der Waals surface area contributed by atoms with Crippen LogP contribution >= 0.6 is 0 Å². The lowest BCUT2D eigenvalue weighted by molar-refractivity contribution is -0.147. The number of nitrogens with zero attached hydrogens (tertiary/aromatic N) is 4. The van der Waals surface area contributed by atoms with E-state index >= 15 is 0 Å². The van der Waals surface area contributed by atoms with Crippen LogP contribution in [0.2, 0.25) is 0 Å². The Bertz CT molecular complexity index is 896. The van der Waals surface area contributed by atoms with E-state index in [9.17, 15) is 18.4 Å². The van der Waals surface area contributed by atoms with Crippen LogP contribution in [0, 0.1) is 11.6 Å². The summed E-state index contributed by atoms with van der Waals surface area (Å²) in [7, 11) is 0. The van der Waals surface area contributed by atoms with E-state index in [1.54, 1.807) is 0 Å². The zero-order valence-corrected chi connectivity index (χ0v) is 14.2. The molecule has 2 aromatic carbocycles. The highest BCUT2D eigenvalue weighted by atomic mass is 19.1. The monoisotopic (exact) mass is 386 g/mol. The molecule has 0 aliphatic heterocycles. The van der Waals surface area contributed by atoms with E-state index in [0.717, 1.165) is 24.3 Å². The SMILES string of the molecule is [N-]=[N+]=C(C(=O)OCCOC(=O)C(=[N+]=[N-])c1ccc(F)cc1)c1ccc(F)cc1. The molecule has 2 rings (SSSR count). The van der Waals surface area contributed by atoms with Gasteiger partial charge in [-0.05, 0) is 48.5 Å². The first-order valence-electron chi connectivity index (χ1n) is 7.76. The molecule has 2 aromatic rings. The normalized spacial score (nSPS) is 9.64. The highest BCUT2D eigenvalue weighted by molar-refractivity contribution is 6.41. The van der Waals surface area contributed by atoms with Gasteiger partial charge in [0.05, 0.1) is 11.1 Å². The van der Waals surface area contributed by atoms with Crippen LogP contribution in [0.25, 0.3) is 11.1 Å². The van der Waals surface area contributed by atoms with Crippen molar-refractivity contribution in [3.05, 3.63) is 82.4 Å². The molecule has 0 saturated carbocycles. The lowest BCUT2D eigenvalue weighted by Crippen LogP contribution is -2.25. The Hall–Kier alpha value is -4.00. The van der Waals surface area contributed by atoms with Crippen LogP contribution in [0.15, 0.2) is 48.5 Å². The number of hydrogen-bond donors (Lipinski definition) is 0. The summed E-state index contributed by atoms with van der Waals surface area (Å²) in [6, 6.07) is 9.16. The summed E-state index contributed by atoms with van der Waals surface area (Å²) in [6.07, 6.45) is 0. The molecule has 0 aromatic heterocycles. The van der Waals surface area contributed by atoms with Crippen LogP contribution in [0.1, 0.15) is 11.1 Å². The number of rotatable bonds is 7. The van der Waals surface area contributed by atoms with Gasteiger partial charge in [-0.15, -0.1) is 0 Å². The second-order valence-corrected chi connectivity index (χ2v) is 5.18. The highest BCUT2D eigenvalue weighted by Crippen LogP contribution is 2.06. The molecule has 0 bridgehead atoms. The van der Waals surface area contributed by atoms with Crippen LogP contribution < -0.4 is 0 Å². The van der Waals surface area contributed by atoms with Gasteiger partial charge >= 0.3 is 23.4 Å². The third-order valence-corrected chi connectivity index (χ3v) is 3.37. The zero-order chi connectivity index (χ0) is 20.5. The summed E-state index contributed by atoms with van der Waals surface area (Å²) >= 11 is 0. The summed E-state index contributed by atoms with van der Waals surface area (Å²) in [5, 5.41) is 0. The van der Waals surface area contributed by atoms with Gasteiger partial charge in [0.25, 0.3) is 0 Å². The molecule has 0 spiro atoms. The average Bonchev–Trinajstić information content (AvgIpc) is 2.69. The van der Waals surface area contributed by atoms with Crippen molar-refractivity contribution in [2.45, 2.75) is 0 Å². The smallest absolute Gasteiger partial charge is 0.422 e. The van der Waals surface area contributed by atoms with E-state index in [1.807, 2.05) is 0 Å². The van der Waals surface area contributed by atoms with Gasteiger partial charge in [-0.25, -0.2) is 18.4 Å². The number of hydrogen-bond acceptors (Lipinski definition) is 4. The summed E-state index contributed by atoms with van der Waals surface area (Å²) in [6.45, 7) is -0.792. The fourth-order valence-corrected chi connectivity index (χ4v) is 2.05. The maximum absolute atomic E-state index is 12.9. The molecule has 0 saturated heterocycles. The molecule has 0 radical (unpaired) electrons. The van der Waals surface area contributed by atoms with Gasteiger partial charge in [-0.3, -0.25) is 0 Å². The predicted molar refractivity (Wildman–Crippen MR) is 90.2 cm³/mol. The minimum atomic E-state index is -1.03. The van der Waals surface area contributed by atoms with Crippen molar-refractivity contribution in [3.63, 3.8) is 0 Å². The molecule has 28 heavy (non-hydrogen) atoms. The Kier molecular flexibility index (Phi) is 6.99. The second kappa shape index (κ2) is 9.63. The van der Waals surface area contributed by atoms with Crippen LogP contribution in [-0.2, 0) is 19.1 Å². The quantitative estimate of drug-likeness (QED) is 0.236. The van der Waals surface area contributed by atoms with Gasteiger partial charge in [0.1, 0.15) is 24.8 Å². The Labute approximate surface area is 157 Å². The van der Waals surface area contributed by atoms with Crippen molar-refractivity contribution in [3.8, 4) is 0 Å². The molecule has 0 aliphatic carbocycles. The van der Waals surface area contributed by atoms with E-state index in [2.05, 4.69) is 9.58 Å². The van der Waals surface area contributed by atoms with Crippen molar-refractivity contribution in [1.82, 2.24) is 0 Å². The van der Waals surface area contributed by atoms with Gasteiger partial charge in [-0.1, -0.05) is 0 Å². The number of ether oxygens (including phenoxy) is 2. The fourth-order valence-electron chi connectivity index (χ4n) is 2.05. The third kappa shape index (κ3) is 5.25. The molecule has 8 nitrogen and oxygen atoms in total. The molecule has 0 heterocycles. The first-order valence-corrected chi connectivity index (χ1v) is 7.76. The summed E-state index contributed by atoms with van der Waals surface area (Å²) in [5.41, 5.74) is 17.2. The van der Waals surface area contributed by atoms with E-state index in [0.29, 0.717) is 0 Å². The third-order valence-electron chi connectivity index (χ3n) is 3.37. The number of benzene rings is 2. The van der Waals surface area contributed by atoms with Crippen LogP contribution in [0.4, 0.5) is 8.78 Å². The average molecular weight is 386 g/mol. The molecular weight excluding hydrogens is 374 g/mol. The predicted octanol–water partition coefficient (Wildman–Crippen LogP) is 1.79. The standard InChI is InChI=1S/C18H12F2N4O4/c19-13-5-1-11(2-6-13)15(23-21)17(25)27-9-10-28-18(26)16(24-22)12-3-7-14(20)8-4-12/h1-8H,9-10H2. The molecule has 142 valence electrons.